The third kappa shape index (κ3) is 3.67. The van der Waals surface area contributed by atoms with Crippen molar-refractivity contribution < 1.29 is 4.79 Å². The number of carbonyl (C=O) groups excluding carboxylic acids is 1. The lowest BCUT2D eigenvalue weighted by Gasteiger charge is -2.07. The molecule has 0 atom stereocenters. The van der Waals surface area contributed by atoms with Crippen LogP contribution < -0.4 is 10.6 Å². The van der Waals surface area contributed by atoms with Crippen molar-refractivity contribution in [1.29, 1.82) is 0 Å². The number of carbonyl (C=O) groups is 1. The first-order chi connectivity index (χ1) is 9.04. The second-order valence-corrected chi connectivity index (χ2v) is 5.00. The molecular formula is C13H19N5O. The average molecular weight is 261 g/mol. The molecule has 0 fully saturated rings. The quantitative estimate of drug-likeness (QED) is 0.849. The standard InChI is InChI=1S/C13H19N5O/c1-9(2)6-14-12(19)7-15-13-16-11-5-4-10(3)8-18(11)17-13/h4-5,8-9H,6-7H2,1-3H3,(H,14,19)(H,15,17). The van der Waals surface area contributed by atoms with Crippen molar-refractivity contribution in [3.63, 3.8) is 0 Å². The number of nitrogens with zero attached hydrogens (tertiary/aromatic N) is 3. The van der Waals surface area contributed by atoms with E-state index in [-0.39, 0.29) is 12.5 Å². The third-order valence-electron chi connectivity index (χ3n) is 2.59. The van der Waals surface area contributed by atoms with E-state index in [2.05, 4.69) is 34.6 Å². The molecule has 0 unspecified atom stereocenters. The molecule has 6 nitrogen and oxygen atoms in total. The molecule has 19 heavy (non-hydrogen) atoms. The van der Waals surface area contributed by atoms with Gasteiger partial charge in [-0.15, -0.1) is 5.10 Å². The molecular weight excluding hydrogens is 242 g/mol. The fraction of sp³-hybridized carbons (Fsp3) is 0.462. The van der Waals surface area contributed by atoms with Gasteiger partial charge in [-0.2, -0.15) is 4.98 Å². The first-order valence-corrected chi connectivity index (χ1v) is 6.38. The zero-order chi connectivity index (χ0) is 13.8. The second-order valence-electron chi connectivity index (χ2n) is 5.00. The molecule has 0 aromatic carbocycles. The van der Waals surface area contributed by atoms with Crippen LogP contribution >= 0.6 is 0 Å². The molecule has 0 aliphatic rings. The molecule has 0 spiro atoms. The van der Waals surface area contributed by atoms with E-state index in [9.17, 15) is 4.79 Å². The maximum atomic E-state index is 11.6. The molecule has 0 bridgehead atoms. The molecule has 0 saturated heterocycles. The van der Waals surface area contributed by atoms with Crippen LogP contribution in [0, 0.1) is 12.8 Å². The minimum absolute atomic E-state index is 0.0521. The zero-order valence-corrected chi connectivity index (χ0v) is 11.5. The maximum absolute atomic E-state index is 11.6. The van der Waals surface area contributed by atoms with E-state index < -0.39 is 0 Å². The number of nitrogens with one attached hydrogen (secondary N) is 2. The summed E-state index contributed by atoms with van der Waals surface area (Å²) in [6.07, 6.45) is 1.90. The number of amides is 1. The van der Waals surface area contributed by atoms with Gasteiger partial charge in [-0.1, -0.05) is 19.9 Å². The summed E-state index contributed by atoms with van der Waals surface area (Å²) in [4.78, 5) is 15.8. The summed E-state index contributed by atoms with van der Waals surface area (Å²) in [5.74, 6) is 0.856. The lowest BCUT2D eigenvalue weighted by molar-refractivity contribution is -0.119. The predicted molar refractivity (Wildman–Crippen MR) is 74.1 cm³/mol. The Labute approximate surface area is 112 Å². The Bertz CT molecular complexity index is 575. The summed E-state index contributed by atoms with van der Waals surface area (Å²) in [6, 6.07) is 3.87. The van der Waals surface area contributed by atoms with Gasteiger partial charge in [0.05, 0.1) is 6.54 Å². The van der Waals surface area contributed by atoms with Crippen molar-refractivity contribution in [1.82, 2.24) is 19.9 Å². The molecule has 0 aliphatic carbocycles. The third-order valence-corrected chi connectivity index (χ3v) is 2.59. The summed E-state index contributed by atoms with van der Waals surface area (Å²) in [6.45, 7) is 6.97. The molecule has 0 saturated carbocycles. The van der Waals surface area contributed by atoms with Gasteiger partial charge in [-0.25, -0.2) is 4.52 Å². The molecule has 1 amide bonds. The summed E-state index contributed by atoms with van der Waals surface area (Å²) in [5.41, 5.74) is 1.87. The Morgan fingerprint density at radius 1 is 1.42 bits per heavy atom. The Hall–Kier alpha value is -2.11. The van der Waals surface area contributed by atoms with Crippen molar-refractivity contribution in [2.24, 2.45) is 5.92 Å². The van der Waals surface area contributed by atoms with Crippen LogP contribution in [-0.4, -0.2) is 33.6 Å². The van der Waals surface area contributed by atoms with E-state index in [4.69, 9.17) is 0 Å². The van der Waals surface area contributed by atoms with E-state index in [1.807, 2.05) is 25.3 Å². The lowest BCUT2D eigenvalue weighted by Crippen LogP contribution is -2.32. The molecule has 2 rings (SSSR count). The number of aryl methyl sites for hydroxylation is 1. The first-order valence-electron chi connectivity index (χ1n) is 6.38. The highest BCUT2D eigenvalue weighted by atomic mass is 16.1. The molecule has 102 valence electrons. The Morgan fingerprint density at radius 2 is 2.21 bits per heavy atom. The maximum Gasteiger partial charge on any atom is 0.243 e. The molecule has 0 radical (unpaired) electrons. The number of anilines is 1. The number of rotatable bonds is 5. The van der Waals surface area contributed by atoms with Crippen LogP contribution in [0.5, 0.6) is 0 Å². The molecule has 2 aromatic heterocycles. The summed E-state index contributed by atoms with van der Waals surface area (Å²) in [5, 5.41) is 10.0. The molecule has 2 aromatic rings. The van der Waals surface area contributed by atoms with Gasteiger partial charge in [0.15, 0.2) is 5.65 Å². The van der Waals surface area contributed by atoms with Crippen molar-refractivity contribution >= 4 is 17.5 Å². The molecule has 2 N–H and O–H groups in total. The second kappa shape index (κ2) is 5.69. The largest absolute Gasteiger partial charge is 0.354 e. The summed E-state index contributed by atoms with van der Waals surface area (Å²) < 4.78 is 1.70. The van der Waals surface area contributed by atoms with E-state index in [0.717, 1.165) is 11.2 Å². The van der Waals surface area contributed by atoms with Gasteiger partial charge in [-0.05, 0) is 24.5 Å². The SMILES string of the molecule is Cc1ccc2nc(NCC(=O)NCC(C)C)nn2c1. The van der Waals surface area contributed by atoms with Crippen LogP contribution in [0.25, 0.3) is 5.65 Å². The van der Waals surface area contributed by atoms with Crippen LogP contribution in [0.4, 0.5) is 5.95 Å². The van der Waals surface area contributed by atoms with Crippen LogP contribution in [0.3, 0.4) is 0 Å². The highest BCUT2D eigenvalue weighted by Gasteiger charge is 2.06. The number of hydrogen-bond acceptors (Lipinski definition) is 4. The normalized spacial score (nSPS) is 10.9. The van der Waals surface area contributed by atoms with Gasteiger partial charge in [0.25, 0.3) is 0 Å². The smallest absolute Gasteiger partial charge is 0.243 e. The van der Waals surface area contributed by atoms with Gasteiger partial charge in [0.1, 0.15) is 0 Å². The average Bonchev–Trinajstić information content (AvgIpc) is 2.75. The first kappa shape index (κ1) is 13.3. The van der Waals surface area contributed by atoms with E-state index in [0.29, 0.717) is 18.4 Å². The van der Waals surface area contributed by atoms with Crippen LogP contribution in [0.2, 0.25) is 0 Å². The van der Waals surface area contributed by atoms with E-state index in [1.54, 1.807) is 4.52 Å². The fourth-order valence-electron chi connectivity index (χ4n) is 1.60. The summed E-state index contributed by atoms with van der Waals surface area (Å²) in [7, 11) is 0. The lowest BCUT2D eigenvalue weighted by atomic mass is 10.2. The van der Waals surface area contributed by atoms with Gasteiger partial charge in [0, 0.05) is 12.7 Å². The van der Waals surface area contributed by atoms with Crippen molar-refractivity contribution in [2.45, 2.75) is 20.8 Å². The van der Waals surface area contributed by atoms with Gasteiger partial charge < -0.3 is 10.6 Å². The molecule has 6 heteroatoms. The van der Waals surface area contributed by atoms with E-state index >= 15 is 0 Å². The predicted octanol–water partition coefficient (Wildman–Crippen LogP) is 1.22. The monoisotopic (exact) mass is 261 g/mol. The molecule has 0 aliphatic heterocycles. The Kier molecular flexibility index (Phi) is 3.99. The Balaban J connectivity index is 1.92. The Morgan fingerprint density at radius 3 is 2.95 bits per heavy atom. The van der Waals surface area contributed by atoms with Crippen molar-refractivity contribution in [3.8, 4) is 0 Å². The number of fused-ring (bicyclic) bond motifs is 1. The minimum Gasteiger partial charge on any atom is -0.354 e. The number of aromatic nitrogens is 3. The van der Waals surface area contributed by atoms with Crippen LogP contribution in [0.15, 0.2) is 18.3 Å². The van der Waals surface area contributed by atoms with Crippen molar-refractivity contribution in [3.05, 3.63) is 23.9 Å². The number of pyridine rings is 1. The highest BCUT2D eigenvalue weighted by Crippen LogP contribution is 2.06. The van der Waals surface area contributed by atoms with Crippen LogP contribution in [-0.2, 0) is 4.79 Å². The topological polar surface area (TPSA) is 71.3 Å². The summed E-state index contributed by atoms with van der Waals surface area (Å²) >= 11 is 0. The van der Waals surface area contributed by atoms with Gasteiger partial charge in [0.2, 0.25) is 11.9 Å². The van der Waals surface area contributed by atoms with Gasteiger partial charge >= 0.3 is 0 Å². The van der Waals surface area contributed by atoms with E-state index in [1.165, 1.54) is 0 Å². The zero-order valence-electron chi connectivity index (χ0n) is 11.5. The highest BCUT2D eigenvalue weighted by molar-refractivity contribution is 5.80. The van der Waals surface area contributed by atoms with Gasteiger partial charge in [-0.3, -0.25) is 4.79 Å². The number of hydrogen-bond donors (Lipinski definition) is 2. The molecule has 2 heterocycles. The van der Waals surface area contributed by atoms with Crippen LogP contribution in [0.1, 0.15) is 19.4 Å². The van der Waals surface area contributed by atoms with Crippen molar-refractivity contribution in [2.75, 3.05) is 18.4 Å². The minimum atomic E-state index is -0.0521. The fourth-order valence-corrected chi connectivity index (χ4v) is 1.60.